The lowest BCUT2D eigenvalue weighted by Crippen LogP contribution is -2.03. The molecule has 0 aromatic heterocycles. The highest BCUT2D eigenvalue weighted by atomic mass is 16.6. The number of hydrogen-bond acceptors (Lipinski definition) is 3. The van der Waals surface area contributed by atoms with Crippen molar-refractivity contribution < 1.29 is 14.8 Å². The molecule has 0 saturated carbocycles. The molecule has 0 bridgehead atoms. The summed E-state index contributed by atoms with van der Waals surface area (Å²) in [5.41, 5.74) is 1.73. The van der Waals surface area contributed by atoms with Gasteiger partial charge in [-0.05, 0) is 29.3 Å². The molecule has 0 radical (unpaired) electrons. The Morgan fingerprint density at radius 2 is 1.71 bits per heavy atom. The van der Waals surface area contributed by atoms with E-state index < -0.39 is 10.9 Å². The first kappa shape index (κ1) is 14.5. The van der Waals surface area contributed by atoms with Gasteiger partial charge in [0.25, 0.3) is 5.69 Å². The minimum Gasteiger partial charge on any atom is -0.478 e. The van der Waals surface area contributed by atoms with E-state index in [-0.39, 0.29) is 11.3 Å². The lowest BCUT2D eigenvalue weighted by molar-refractivity contribution is -0.384. The third-order valence-corrected chi connectivity index (χ3v) is 2.96. The molecule has 106 valence electrons. The van der Waals surface area contributed by atoms with E-state index >= 15 is 0 Å². The summed E-state index contributed by atoms with van der Waals surface area (Å²) in [7, 11) is 0. The standard InChI is InChI=1S/C16H13NO4/c18-16(19)14(10-12-4-2-1-3-5-12)11-13-6-8-15(9-7-13)17(20)21/h1-9,11H,10H2,(H,18,19). The Morgan fingerprint density at radius 1 is 1.10 bits per heavy atom. The smallest absolute Gasteiger partial charge is 0.331 e. The predicted octanol–water partition coefficient (Wildman–Crippen LogP) is 3.31. The van der Waals surface area contributed by atoms with Crippen LogP contribution in [0.5, 0.6) is 0 Å². The van der Waals surface area contributed by atoms with Crippen molar-refractivity contribution in [2.75, 3.05) is 0 Å². The number of non-ortho nitro benzene ring substituents is 1. The number of hydrogen-bond donors (Lipinski definition) is 1. The van der Waals surface area contributed by atoms with Gasteiger partial charge in [0.05, 0.1) is 4.92 Å². The highest BCUT2D eigenvalue weighted by molar-refractivity contribution is 5.92. The highest BCUT2D eigenvalue weighted by Crippen LogP contribution is 2.16. The molecule has 0 aliphatic carbocycles. The topological polar surface area (TPSA) is 80.4 Å². The summed E-state index contributed by atoms with van der Waals surface area (Å²) in [5, 5.41) is 19.8. The first-order valence-corrected chi connectivity index (χ1v) is 6.28. The average Bonchev–Trinajstić information content (AvgIpc) is 2.48. The van der Waals surface area contributed by atoms with Crippen LogP contribution in [0, 0.1) is 10.1 Å². The van der Waals surface area contributed by atoms with Crippen molar-refractivity contribution in [3.05, 3.63) is 81.4 Å². The van der Waals surface area contributed by atoms with E-state index in [9.17, 15) is 20.0 Å². The molecule has 0 fully saturated rings. The van der Waals surface area contributed by atoms with E-state index in [1.165, 1.54) is 30.3 Å². The van der Waals surface area contributed by atoms with E-state index in [0.717, 1.165) is 5.56 Å². The fourth-order valence-electron chi connectivity index (χ4n) is 1.90. The maximum atomic E-state index is 11.3. The number of nitro groups is 1. The monoisotopic (exact) mass is 283 g/mol. The van der Waals surface area contributed by atoms with Crippen molar-refractivity contribution in [2.24, 2.45) is 0 Å². The SMILES string of the molecule is O=C(O)C(=Cc1ccc([N+](=O)[O-])cc1)Cc1ccccc1. The Kier molecular flexibility index (Phi) is 4.46. The predicted molar refractivity (Wildman–Crippen MR) is 78.9 cm³/mol. The minimum absolute atomic E-state index is 0.0212. The molecule has 0 unspecified atom stereocenters. The molecular weight excluding hydrogens is 270 g/mol. The largest absolute Gasteiger partial charge is 0.478 e. The quantitative estimate of drug-likeness (QED) is 0.518. The van der Waals surface area contributed by atoms with Crippen LogP contribution in [0.3, 0.4) is 0 Å². The number of aliphatic carboxylic acids is 1. The fraction of sp³-hybridized carbons (Fsp3) is 0.0625. The number of benzene rings is 2. The van der Waals surface area contributed by atoms with Crippen LogP contribution in [-0.4, -0.2) is 16.0 Å². The van der Waals surface area contributed by atoms with Gasteiger partial charge in [0.15, 0.2) is 0 Å². The van der Waals surface area contributed by atoms with Crippen LogP contribution in [0.1, 0.15) is 11.1 Å². The molecule has 0 saturated heterocycles. The maximum absolute atomic E-state index is 11.3. The molecule has 0 heterocycles. The van der Waals surface area contributed by atoms with Crippen LogP contribution >= 0.6 is 0 Å². The third kappa shape index (κ3) is 4.01. The first-order valence-electron chi connectivity index (χ1n) is 6.28. The first-order chi connectivity index (χ1) is 10.1. The van der Waals surface area contributed by atoms with Crippen LogP contribution in [-0.2, 0) is 11.2 Å². The molecule has 0 atom stereocenters. The molecule has 21 heavy (non-hydrogen) atoms. The maximum Gasteiger partial charge on any atom is 0.331 e. The summed E-state index contributed by atoms with van der Waals surface area (Å²) < 4.78 is 0. The number of carboxylic acids is 1. The summed E-state index contributed by atoms with van der Waals surface area (Å²) >= 11 is 0. The van der Waals surface area contributed by atoms with Crippen molar-refractivity contribution in [1.82, 2.24) is 0 Å². The van der Waals surface area contributed by atoms with Crippen LogP contribution in [0.25, 0.3) is 6.08 Å². The number of nitro benzene ring substituents is 1. The summed E-state index contributed by atoms with van der Waals surface area (Å²) in [6.45, 7) is 0. The number of carbonyl (C=O) groups is 1. The summed E-state index contributed by atoms with van der Waals surface area (Å²) in [6.07, 6.45) is 1.83. The van der Waals surface area contributed by atoms with E-state index in [2.05, 4.69) is 0 Å². The molecule has 5 nitrogen and oxygen atoms in total. The van der Waals surface area contributed by atoms with Crippen LogP contribution < -0.4 is 0 Å². The third-order valence-electron chi connectivity index (χ3n) is 2.96. The summed E-state index contributed by atoms with van der Waals surface area (Å²) in [6, 6.07) is 15.0. The van der Waals surface area contributed by atoms with Crippen molar-refractivity contribution in [3.8, 4) is 0 Å². The van der Waals surface area contributed by atoms with Gasteiger partial charge in [0.1, 0.15) is 0 Å². The lowest BCUT2D eigenvalue weighted by atomic mass is 10.0. The molecule has 2 aromatic rings. The zero-order valence-electron chi connectivity index (χ0n) is 11.1. The van der Waals surface area contributed by atoms with Gasteiger partial charge < -0.3 is 5.11 Å². The van der Waals surface area contributed by atoms with E-state index in [4.69, 9.17) is 0 Å². The van der Waals surface area contributed by atoms with Crippen molar-refractivity contribution in [3.63, 3.8) is 0 Å². The van der Waals surface area contributed by atoms with Gasteiger partial charge in [-0.2, -0.15) is 0 Å². The second kappa shape index (κ2) is 6.47. The summed E-state index contributed by atoms with van der Waals surface area (Å²) in [4.78, 5) is 21.4. The molecule has 0 aliphatic heterocycles. The van der Waals surface area contributed by atoms with E-state index in [1.54, 1.807) is 0 Å². The zero-order valence-corrected chi connectivity index (χ0v) is 11.1. The van der Waals surface area contributed by atoms with E-state index in [0.29, 0.717) is 12.0 Å². The van der Waals surface area contributed by atoms with Gasteiger partial charge >= 0.3 is 5.97 Å². The Hall–Kier alpha value is -2.95. The highest BCUT2D eigenvalue weighted by Gasteiger charge is 2.09. The molecule has 0 amide bonds. The molecule has 0 aliphatic rings. The second-order valence-electron chi connectivity index (χ2n) is 4.49. The van der Waals surface area contributed by atoms with Crippen molar-refractivity contribution in [1.29, 1.82) is 0 Å². The zero-order chi connectivity index (χ0) is 15.2. The van der Waals surface area contributed by atoms with Gasteiger partial charge in [-0.1, -0.05) is 30.3 Å². The van der Waals surface area contributed by atoms with Gasteiger partial charge in [-0.3, -0.25) is 10.1 Å². The Morgan fingerprint density at radius 3 is 2.24 bits per heavy atom. The minimum atomic E-state index is -1.00. The average molecular weight is 283 g/mol. The Balaban J connectivity index is 2.25. The van der Waals surface area contributed by atoms with Crippen LogP contribution in [0.4, 0.5) is 5.69 Å². The molecule has 2 aromatic carbocycles. The summed E-state index contributed by atoms with van der Waals surface area (Å²) in [5.74, 6) is -1.00. The van der Waals surface area contributed by atoms with Crippen LogP contribution in [0.15, 0.2) is 60.2 Å². The fourth-order valence-corrected chi connectivity index (χ4v) is 1.90. The number of carboxylic acid groups (broad SMARTS) is 1. The van der Waals surface area contributed by atoms with E-state index in [1.807, 2.05) is 30.3 Å². The Labute approximate surface area is 121 Å². The van der Waals surface area contributed by atoms with Crippen LogP contribution in [0.2, 0.25) is 0 Å². The molecule has 5 heteroatoms. The molecule has 1 N–H and O–H groups in total. The Bertz CT molecular complexity index is 675. The normalized spacial score (nSPS) is 11.1. The van der Waals surface area contributed by atoms with Gasteiger partial charge in [-0.25, -0.2) is 4.79 Å². The lowest BCUT2D eigenvalue weighted by Gasteiger charge is -2.03. The van der Waals surface area contributed by atoms with Gasteiger partial charge in [-0.15, -0.1) is 0 Å². The van der Waals surface area contributed by atoms with Crippen molar-refractivity contribution in [2.45, 2.75) is 6.42 Å². The van der Waals surface area contributed by atoms with Gasteiger partial charge in [0, 0.05) is 24.1 Å². The van der Waals surface area contributed by atoms with Gasteiger partial charge in [0.2, 0.25) is 0 Å². The second-order valence-corrected chi connectivity index (χ2v) is 4.49. The molecular formula is C16H13NO4. The number of rotatable bonds is 5. The number of nitrogens with zero attached hydrogens (tertiary/aromatic N) is 1. The molecule has 2 rings (SSSR count). The molecule has 0 spiro atoms. The van der Waals surface area contributed by atoms with Crippen molar-refractivity contribution >= 4 is 17.7 Å².